The number of nitrogens with one attached hydrogen (secondary N) is 2. The molecule has 2 amide bonds. The van der Waals surface area contributed by atoms with Gasteiger partial charge in [-0.25, -0.2) is 17.9 Å². The summed E-state index contributed by atoms with van der Waals surface area (Å²) < 4.78 is 103. The first-order valence-electron chi connectivity index (χ1n) is 15.0. The number of carboxylic acid groups (broad SMARTS) is 1. The summed E-state index contributed by atoms with van der Waals surface area (Å²) in [6.45, 7) is -0.343. The van der Waals surface area contributed by atoms with Crippen molar-refractivity contribution in [3.63, 3.8) is 0 Å². The van der Waals surface area contributed by atoms with E-state index in [0.29, 0.717) is 23.0 Å². The Morgan fingerprint density at radius 3 is 2.28 bits per heavy atom. The van der Waals surface area contributed by atoms with Crippen LogP contribution in [0.1, 0.15) is 33.6 Å². The first-order valence-corrected chi connectivity index (χ1v) is 16.9. The van der Waals surface area contributed by atoms with Gasteiger partial charge < -0.3 is 21.5 Å². The lowest BCUT2D eigenvalue weighted by molar-refractivity contribution is -0.192. The van der Waals surface area contributed by atoms with E-state index in [-0.39, 0.29) is 40.7 Å². The van der Waals surface area contributed by atoms with Gasteiger partial charge in [0.2, 0.25) is 5.91 Å². The molecule has 0 aliphatic carbocycles. The highest BCUT2D eigenvalue weighted by Crippen LogP contribution is 2.34. The van der Waals surface area contributed by atoms with Crippen LogP contribution >= 0.6 is 11.6 Å². The maximum Gasteiger partial charge on any atom is 0.490 e. The molecule has 1 aliphatic heterocycles. The monoisotopic (exact) mass is 787 g/mol. The van der Waals surface area contributed by atoms with Gasteiger partial charge in [-0.15, -0.1) is 5.10 Å². The number of halogens is 7. The van der Waals surface area contributed by atoms with Gasteiger partial charge in [-0.1, -0.05) is 47.2 Å². The number of carboxylic acids is 1. The van der Waals surface area contributed by atoms with Gasteiger partial charge in [-0.2, -0.15) is 26.3 Å². The molecule has 4 aromatic rings. The molecule has 5 rings (SSSR count). The van der Waals surface area contributed by atoms with Crippen molar-refractivity contribution < 1.29 is 54.3 Å². The summed E-state index contributed by atoms with van der Waals surface area (Å²) in [7, 11) is -4.56. The Hall–Kier alpha value is -5.47. The van der Waals surface area contributed by atoms with E-state index in [1.165, 1.54) is 29.0 Å². The van der Waals surface area contributed by atoms with Crippen molar-refractivity contribution in [3.8, 4) is 5.69 Å². The number of carbonyl (C=O) groups is 3. The second-order valence-electron chi connectivity index (χ2n) is 11.1. The van der Waals surface area contributed by atoms with Crippen LogP contribution in [0.2, 0.25) is 5.02 Å². The van der Waals surface area contributed by atoms with E-state index in [4.69, 9.17) is 27.2 Å². The minimum Gasteiger partial charge on any atom is -0.475 e. The molecule has 5 N–H and O–H groups in total. The lowest BCUT2D eigenvalue weighted by Gasteiger charge is -2.24. The molecule has 1 aliphatic rings. The molecule has 0 radical (unpaired) electrons. The highest BCUT2D eigenvalue weighted by Gasteiger charge is 2.38. The number of rotatable bonds is 1. The molecule has 1 aromatic heterocycles. The average Bonchev–Trinajstić information content (AvgIpc) is 3.58. The number of sulfonamides is 1. The molecule has 0 saturated heterocycles. The summed E-state index contributed by atoms with van der Waals surface area (Å²) in [5.41, 5.74) is 6.29. The van der Waals surface area contributed by atoms with Crippen LogP contribution in [0.25, 0.3) is 5.69 Å². The van der Waals surface area contributed by atoms with E-state index in [0.717, 1.165) is 28.6 Å². The highest BCUT2D eigenvalue weighted by molar-refractivity contribution is 7.92. The molecule has 0 spiro atoms. The van der Waals surface area contributed by atoms with Crippen LogP contribution in [-0.2, 0) is 38.9 Å². The Morgan fingerprint density at radius 2 is 1.60 bits per heavy atom. The smallest absolute Gasteiger partial charge is 0.475 e. The van der Waals surface area contributed by atoms with Gasteiger partial charge in [-0.05, 0) is 60.5 Å². The van der Waals surface area contributed by atoms with Crippen LogP contribution in [0.4, 0.5) is 32.0 Å². The molecule has 282 valence electrons. The zero-order chi connectivity index (χ0) is 39.1. The average molecular weight is 788 g/mol. The molecule has 21 heteroatoms. The van der Waals surface area contributed by atoms with Crippen molar-refractivity contribution in [2.24, 2.45) is 5.73 Å². The molecule has 6 bridgehead atoms. The van der Waals surface area contributed by atoms with Crippen molar-refractivity contribution in [2.75, 3.05) is 10.8 Å². The first kappa shape index (κ1) is 40.3. The predicted molar refractivity (Wildman–Crippen MR) is 177 cm³/mol. The van der Waals surface area contributed by atoms with E-state index >= 15 is 0 Å². The van der Waals surface area contributed by atoms with E-state index in [9.17, 15) is 44.3 Å². The molecular formula is C32H28ClF6N7O6S. The minimum atomic E-state index is -5.08. The number of alkyl halides is 6. The summed E-state index contributed by atoms with van der Waals surface area (Å²) in [6, 6.07) is 13.3. The Labute approximate surface area is 302 Å². The van der Waals surface area contributed by atoms with Crippen molar-refractivity contribution in [2.45, 2.75) is 42.8 Å². The van der Waals surface area contributed by atoms with Crippen molar-refractivity contribution in [1.29, 1.82) is 0 Å². The van der Waals surface area contributed by atoms with Gasteiger partial charge in [0.1, 0.15) is 5.69 Å². The van der Waals surface area contributed by atoms with Crippen LogP contribution in [0.5, 0.6) is 0 Å². The van der Waals surface area contributed by atoms with Crippen LogP contribution in [0.3, 0.4) is 0 Å². The zero-order valence-electron chi connectivity index (χ0n) is 26.9. The minimum absolute atomic E-state index is 0.00689. The molecule has 1 unspecified atom stereocenters. The third kappa shape index (κ3) is 10.5. The molecule has 13 nitrogen and oxygen atoms in total. The number of amides is 2. The fourth-order valence-corrected chi connectivity index (χ4v) is 6.20. The summed E-state index contributed by atoms with van der Waals surface area (Å²) in [6.07, 6.45) is -5.37. The third-order valence-electron chi connectivity index (χ3n) is 7.25. The van der Waals surface area contributed by atoms with Gasteiger partial charge in [0, 0.05) is 6.54 Å². The Kier molecular flexibility index (Phi) is 12.5. The molecule has 1 atom stereocenters. The number of hydrogen-bond donors (Lipinski definition) is 4. The Bertz CT molecular complexity index is 2130. The van der Waals surface area contributed by atoms with E-state index in [1.54, 1.807) is 30.5 Å². The first-order chi connectivity index (χ1) is 24.8. The fraction of sp³-hybridized carbons (Fsp3) is 0.219. The number of hydrogen-bond acceptors (Lipinski definition) is 8. The topological polar surface area (TPSA) is 190 Å². The quantitative estimate of drug-likeness (QED) is 0.158. The largest absolute Gasteiger partial charge is 0.490 e. The molecule has 3 aromatic carbocycles. The third-order valence-corrected chi connectivity index (χ3v) is 9.37. The van der Waals surface area contributed by atoms with E-state index in [2.05, 4.69) is 20.9 Å². The van der Waals surface area contributed by atoms with Gasteiger partial charge in [0.05, 0.1) is 57.7 Å². The van der Waals surface area contributed by atoms with Gasteiger partial charge in [-0.3, -0.25) is 13.9 Å². The number of carbonyl (C=O) groups excluding carboxylic acids is 2. The fourth-order valence-electron chi connectivity index (χ4n) is 4.57. The molecule has 53 heavy (non-hydrogen) atoms. The van der Waals surface area contributed by atoms with Crippen molar-refractivity contribution in [3.05, 3.63) is 112 Å². The summed E-state index contributed by atoms with van der Waals surface area (Å²) in [4.78, 5) is 34.3. The standard InChI is InChI=1S/C30H27ClF3N7O4S.C2HF3O2/c31-26-11-10-24-15-25(26)28(42)36-16-19-5-3-7-22(13-19)40-18-21(38-39-40)17-37-29(43)27(35)9-1-2-12-41(46(24,44)45)23-8-4-6-20(14-23)30(32,33)34;3-2(4,5)1(6)7/h1-8,10-11,13-15,18,27H,9,12,16-17,35H2,(H,36,42)(H,37,43);(H,6,7)/b2-1+;. The zero-order valence-corrected chi connectivity index (χ0v) is 28.5. The number of fused-ring (bicyclic) bond motifs is 7. The maximum atomic E-state index is 13.9. The Balaban J connectivity index is 0.000000815. The van der Waals surface area contributed by atoms with Crippen LogP contribution in [0, 0.1) is 0 Å². The number of nitrogens with zero attached hydrogens (tertiary/aromatic N) is 4. The SMILES string of the molecule is NC1C/C=C/CN(c2cccc(C(F)(F)F)c2)S(=O)(=O)c2ccc(Cl)c(c2)C(=O)NCc2cccc(c2)-n2cc(nn2)CNC1=O.O=C(O)C(F)(F)F. The second-order valence-corrected chi connectivity index (χ2v) is 13.3. The van der Waals surface area contributed by atoms with Crippen molar-refractivity contribution in [1.82, 2.24) is 25.6 Å². The van der Waals surface area contributed by atoms with Gasteiger partial charge in [0.15, 0.2) is 0 Å². The predicted octanol–water partition coefficient (Wildman–Crippen LogP) is 4.60. The summed E-state index contributed by atoms with van der Waals surface area (Å²) in [5, 5.41) is 20.6. The van der Waals surface area contributed by atoms with Gasteiger partial charge in [0.25, 0.3) is 15.9 Å². The van der Waals surface area contributed by atoms with E-state index in [1.807, 2.05) is 0 Å². The molecule has 0 saturated carbocycles. The maximum absolute atomic E-state index is 13.9. The van der Waals surface area contributed by atoms with Gasteiger partial charge >= 0.3 is 18.3 Å². The summed E-state index contributed by atoms with van der Waals surface area (Å²) in [5.74, 6) is -3.93. The molecule has 2 heterocycles. The molecular weight excluding hydrogens is 760 g/mol. The highest BCUT2D eigenvalue weighted by atomic mass is 35.5. The van der Waals surface area contributed by atoms with Crippen LogP contribution < -0.4 is 20.7 Å². The van der Waals surface area contributed by atoms with E-state index < -0.39 is 58.3 Å². The number of benzene rings is 3. The molecule has 0 fully saturated rings. The number of nitrogens with two attached hydrogens (primary N) is 1. The number of anilines is 1. The van der Waals surface area contributed by atoms with Crippen LogP contribution in [0.15, 0.2) is 90.0 Å². The summed E-state index contributed by atoms with van der Waals surface area (Å²) >= 11 is 6.29. The second kappa shape index (κ2) is 16.5. The van der Waals surface area contributed by atoms with Crippen molar-refractivity contribution >= 4 is 45.1 Å². The number of aromatic nitrogens is 3. The normalized spacial score (nSPS) is 17.5. The lowest BCUT2D eigenvalue weighted by atomic mass is 10.1. The lowest BCUT2D eigenvalue weighted by Crippen LogP contribution is -2.40. The number of aliphatic carboxylic acids is 1. The van der Waals surface area contributed by atoms with Crippen LogP contribution in [-0.4, -0.2) is 65.1 Å². The Morgan fingerprint density at radius 1 is 0.925 bits per heavy atom.